The van der Waals surface area contributed by atoms with Gasteiger partial charge in [0.25, 0.3) is 17.0 Å². The zero-order valence-electron chi connectivity index (χ0n) is 10.7. The van der Waals surface area contributed by atoms with Crippen molar-refractivity contribution in [1.29, 1.82) is 0 Å². The van der Waals surface area contributed by atoms with E-state index >= 15 is 0 Å². The molecule has 0 fully saturated rings. The predicted molar refractivity (Wildman–Crippen MR) is 77.4 cm³/mol. The van der Waals surface area contributed by atoms with Gasteiger partial charge in [-0.2, -0.15) is 0 Å². The first kappa shape index (κ1) is 12.8. The smallest absolute Gasteiger partial charge is 0.272 e. The third kappa shape index (κ3) is 2.32. The van der Waals surface area contributed by atoms with E-state index < -0.39 is 11.1 Å². The van der Waals surface area contributed by atoms with E-state index in [4.69, 9.17) is 0 Å². The number of pyridine rings is 1. The Morgan fingerprint density at radius 3 is 2.48 bits per heavy atom. The van der Waals surface area contributed by atoms with Crippen molar-refractivity contribution in [3.05, 3.63) is 69.0 Å². The van der Waals surface area contributed by atoms with Crippen molar-refractivity contribution in [3.63, 3.8) is 0 Å². The maximum Gasteiger partial charge on any atom is 0.272 e. The first-order valence-electron chi connectivity index (χ1n) is 6.12. The van der Waals surface area contributed by atoms with Crippen LogP contribution in [0.25, 0.3) is 10.8 Å². The standard InChI is InChI=1S/C14H10N4O3/c19-12(8-4-6-15-7-5-8)16-10-3-1-2-9-11(10)14(21)18-17-13(9)20/h1-7H,(H,16,19)(H,17,20)(H,18,21). The van der Waals surface area contributed by atoms with Gasteiger partial charge in [0.15, 0.2) is 0 Å². The molecule has 21 heavy (non-hydrogen) atoms. The summed E-state index contributed by atoms with van der Waals surface area (Å²) in [6.07, 6.45) is 2.99. The average Bonchev–Trinajstić information content (AvgIpc) is 2.52. The molecule has 3 rings (SSSR count). The van der Waals surface area contributed by atoms with E-state index in [1.807, 2.05) is 0 Å². The molecule has 0 aliphatic heterocycles. The SMILES string of the molecule is O=C(Nc1cccc2c(=O)[nH][nH]c(=O)c12)c1ccncc1. The molecule has 0 unspecified atom stereocenters. The second-order valence-corrected chi connectivity index (χ2v) is 4.33. The molecule has 0 atom stereocenters. The summed E-state index contributed by atoms with van der Waals surface area (Å²) in [4.78, 5) is 39.5. The lowest BCUT2D eigenvalue weighted by Gasteiger charge is -2.07. The van der Waals surface area contributed by atoms with Crippen molar-refractivity contribution < 1.29 is 4.79 Å². The molecular weight excluding hydrogens is 272 g/mol. The fraction of sp³-hybridized carbons (Fsp3) is 0. The van der Waals surface area contributed by atoms with Crippen LogP contribution in [0.3, 0.4) is 0 Å². The number of rotatable bonds is 2. The molecule has 3 aromatic rings. The minimum absolute atomic E-state index is 0.142. The van der Waals surface area contributed by atoms with Gasteiger partial charge in [-0.1, -0.05) is 6.07 Å². The summed E-state index contributed by atoms with van der Waals surface area (Å²) in [5, 5.41) is 7.47. The molecule has 0 saturated heterocycles. The second-order valence-electron chi connectivity index (χ2n) is 4.33. The van der Waals surface area contributed by atoms with Crippen LogP contribution in [0.5, 0.6) is 0 Å². The number of H-pyrrole nitrogens is 2. The van der Waals surface area contributed by atoms with Gasteiger partial charge in [0.05, 0.1) is 16.5 Å². The Balaban J connectivity index is 2.10. The molecule has 0 bridgehead atoms. The lowest BCUT2D eigenvalue weighted by Crippen LogP contribution is -2.21. The molecule has 0 aliphatic rings. The van der Waals surface area contributed by atoms with Crippen molar-refractivity contribution in [3.8, 4) is 0 Å². The van der Waals surface area contributed by atoms with Crippen LogP contribution in [0.15, 0.2) is 52.3 Å². The molecule has 104 valence electrons. The average molecular weight is 282 g/mol. The van der Waals surface area contributed by atoms with Gasteiger partial charge < -0.3 is 5.32 Å². The third-order valence-electron chi connectivity index (χ3n) is 3.02. The first-order valence-corrected chi connectivity index (χ1v) is 6.12. The number of aromatic amines is 2. The number of fused-ring (bicyclic) bond motifs is 1. The van der Waals surface area contributed by atoms with Crippen molar-refractivity contribution in [2.75, 3.05) is 5.32 Å². The molecule has 2 heterocycles. The molecule has 7 nitrogen and oxygen atoms in total. The molecule has 0 saturated carbocycles. The lowest BCUT2D eigenvalue weighted by atomic mass is 10.1. The Hall–Kier alpha value is -3.22. The summed E-state index contributed by atoms with van der Waals surface area (Å²) in [5.74, 6) is -0.385. The van der Waals surface area contributed by atoms with Crippen molar-refractivity contribution >= 4 is 22.4 Å². The normalized spacial score (nSPS) is 10.5. The van der Waals surface area contributed by atoms with Gasteiger partial charge in [-0.3, -0.25) is 29.6 Å². The first-order chi connectivity index (χ1) is 10.2. The lowest BCUT2D eigenvalue weighted by molar-refractivity contribution is 0.102. The van der Waals surface area contributed by atoms with Crippen LogP contribution in [0.4, 0.5) is 5.69 Å². The maximum atomic E-state index is 12.1. The highest BCUT2D eigenvalue weighted by atomic mass is 16.2. The molecule has 1 aromatic carbocycles. The molecule has 0 radical (unpaired) electrons. The quantitative estimate of drug-likeness (QED) is 0.648. The number of hydrogen-bond acceptors (Lipinski definition) is 4. The van der Waals surface area contributed by atoms with Crippen LogP contribution < -0.4 is 16.4 Å². The van der Waals surface area contributed by atoms with Gasteiger partial charge in [0.2, 0.25) is 0 Å². The van der Waals surface area contributed by atoms with Gasteiger partial charge in [0, 0.05) is 18.0 Å². The number of benzene rings is 1. The van der Waals surface area contributed by atoms with Crippen molar-refractivity contribution in [2.24, 2.45) is 0 Å². The van der Waals surface area contributed by atoms with Gasteiger partial charge in [-0.15, -0.1) is 0 Å². The van der Waals surface area contributed by atoms with Gasteiger partial charge in [0.1, 0.15) is 0 Å². The zero-order chi connectivity index (χ0) is 14.8. The largest absolute Gasteiger partial charge is 0.321 e. The van der Waals surface area contributed by atoms with E-state index in [9.17, 15) is 14.4 Å². The summed E-state index contributed by atoms with van der Waals surface area (Å²) in [5.41, 5.74) is -0.218. The van der Waals surface area contributed by atoms with Gasteiger partial charge in [-0.25, -0.2) is 0 Å². The molecule has 3 N–H and O–H groups in total. The predicted octanol–water partition coefficient (Wildman–Crippen LogP) is 0.864. The van der Waals surface area contributed by atoms with E-state index in [1.54, 1.807) is 24.3 Å². The Bertz CT molecular complexity index is 928. The van der Waals surface area contributed by atoms with Crippen LogP contribution in [-0.4, -0.2) is 21.1 Å². The summed E-state index contributed by atoms with van der Waals surface area (Å²) in [6.45, 7) is 0. The van der Waals surface area contributed by atoms with Crippen LogP contribution in [0.1, 0.15) is 10.4 Å². The highest BCUT2D eigenvalue weighted by Crippen LogP contribution is 2.17. The van der Waals surface area contributed by atoms with E-state index in [1.165, 1.54) is 18.5 Å². The van der Waals surface area contributed by atoms with Crippen molar-refractivity contribution in [1.82, 2.24) is 15.2 Å². The molecule has 1 amide bonds. The zero-order valence-corrected chi connectivity index (χ0v) is 10.7. The van der Waals surface area contributed by atoms with Crippen LogP contribution in [0, 0.1) is 0 Å². The van der Waals surface area contributed by atoms with E-state index in [0.717, 1.165) is 0 Å². The van der Waals surface area contributed by atoms with Crippen molar-refractivity contribution in [2.45, 2.75) is 0 Å². The van der Waals surface area contributed by atoms with E-state index in [-0.39, 0.29) is 22.4 Å². The van der Waals surface area contributed by atoms with E-state index in [2.05, 4.69) is 20.5 Å². The van der Waals surface area contributed by atoms with Crippen LogP contribution in [-0.2, 0) is 0 Å². The Kier molecular flexibility index (Phi) is 3.07. The van der Waals surface area contributed by atoms with Crippen LogP contribution >= 0.6 is 0 Å². The third-order valence-corrected chi connectivity index (χ3v) is 3.02. The number of aromatic nitrogens is 3. The fourth-order valence-electron chi connectivity index (χ4n) is 2.03. The summed E-state index contributed by atoms with van der Waals surface area (Å²) in [7, 11) is 0. The summed E-state index contributed by atoms with van der Waals surface area (Å²) in [6, 6.07) is 7.79. The summed E-state index contributed by atoms with van der Waals surface area (Å²) >= 11 is 0. The molecule has 2 aromatic heterocycles. The number of amides is 1. The molecular formula is C14H10N4O3. The number of carbonyl (C=O) groups is 1. The fourth-order valence-corrected chi connectivity index (χ4v) is 2.03. The molecule has 7 heteroatoms. The second kappa shape index (κ2) is 5.04. The maximum absolute atomic E-state index is 12.1. The number of anilines is 1. The topological polar surface area (TPSA) is 108 Å². The number of hydrogen-bond donors (Lipinski definition) is 3. The van der Waals surface area contributed by atoms with Crippen LogP contribution in [0.2, 0.25) is 0 Å². The minimum atomic E-state index is -0.477. The molecule has 0 aliphatic carbocycles. The number of nitrogens with zero attached hydrogens (tertiary/aromatic N) is 1. The monoisotopic (exact) mass is 282 g/mol. The Morgan fingerprint density at radius 1 is 1.00 bits per heavy atom. The van der Waals surface area contributed by atoms with Gasteiger partial charge in [-0.05, 0) is 24.3 Å². The number of carbonyl (C=O) groups excluding carboxylic acids is 1. The highest BCUT2D eigenvalue weighted by molar-refractivity contribution is 6.08. The summed E-state index contributed by atoms with van der Waals surface area (Å²) < 4.78 is 0. The minimum Gasteiger partial charge on any atom is -0.321 e. The Morgan fingerprint density at radius 2 is 1.71 bits per heavy atom. The molecule has 0 spiro atoms. The van der Waals surface area contributed by atoms with Gasteiger partial charge >= 0.3 is 0 Å². The Labute approximate surface area is 117 Å². The highest BCUT2D eigenvalue weighted by Gasteiger charge is 2.11. The van der Waals surface area contributed by atoms with E-state index in [0.29, 0.717) is 5.56 Å². The number of nitrogens with one attached hydrogen (secondary N) is 3.